The van der Waals surface area contributed by atoms with E-state index in [9.17, 15) is 4.79 Å². The van der Waals surface area contributed by atoms with Crippen LogP contribution in [-0.2, 0) is 4.79 Å². The molecule has 5 fully saturated rings. The SMILES string of the molecule is CC1(C)CCCC(C(=O)NC2CC23CCCN(C2CC2)C3)N(c2nc(Nc3cc(C4CC4)[nH]n3)c3cccn3n2)C1. The van der Waals surface area contributed by atoms with Crippen LogP contribution in [0.4, 0.5) is 17.6 Å². The van der Waals surface area contributed by atoms with E-state index in [2.05, 4.69) is 50.5 Å². The highest BCUT2D eigenvalue weighted by molar-refractivity contribution is 5.86. The van der Waals surface area contributed by atoms with E-state index in [1.165, 1.54) is 50.8 Å². The Balaban J connectivity index is 1.06. The molecule has 3 aliphatic carbocycles. The lowest BCUT2D eigenvalue weighted by Crippen LogP contribution is -2.51. The molecule has 3 unspecified atom stereocenters. The number of piperidine rings is 1. The molecule has 1 spiro atoms. The molecule has 1 amide bonds. The molecule has 41 heavy (non-hydrogen) atoms. The second-order valence-corrected chi connectivity index (χ2v) is 14.3. The van der Waals surface area contributed by atoms with Gasteiger partial charge in [-0.25, -0.2) is 4.52 Å². The Hall–Kier alpha value is -3.14. The van der Waals surface area contributed by atoms with Crippen LogP contribution >= 0.6 is 0 Å². The van der Waals surface area contributed by atoms with Crippen LogP contribution in [0.2, 0.25) is 0 Å². The van der Waals surface area contributed by atoms with Crippen LogP contribution in [-0.4, -0.2) is 73.4 Å². The van der Waals surface area contributed by atoms with Crippen LogP contribution in [0, 0.1) is 10.8 Å². The fourth-order valence-electron chi connectivity index (χ4n) is 7.54. The lowest BCUT2D eigenvalue weighted by molar-refractivity contribution is -0.123. The Morgan fingerprint density at radius 2 is 1.98 bits per heavy atom. The van der Waals surface area contributed by atoms with Gasteiger partial charge in [-0.2, -0.15) is 10.1 Å². The number of H-pyrrole nitrogens is 1. The number of fused-ring (bicyclic) bond motifs is 1. The van der Waals surface area contributed by atoms with Crippen molar-refractivity contribution in [2.24, 2.45) is 10.8 Å². The van der Waals surface area contributed by atoms with Gasteiger partial charge < -0.3 is 15.5 Å². The third-order valence-electron chi connectivity index (χ3n) is 10.3. The number of nitrogens with one attached hydrogen (secondary N) is 3. The fourth-order valence-corrected chi connectivity index (χ4v) is 7.54. The third-order valence-corrected chi connectivity index (χ3v) is 10.3. The van der Waals surface area contributed by atoms with Crippen molar-refractivity contribution in [2.75, 3.05) is 29.9 Å². The van der Waals surface area contributed by atoms with Crippen molar-refractivity contribution < 1.29 is 4.79 Å². The van der Waals surface area contributed by atoms with Crippen LogP contribution in [0.25, 0.3) is 5.52 Å². The van der Waals surface area contributed by atoms with Crippen molar-refractivity contribution in [3.05, 3.63) is 30.1 Å². The molecule has 3 N–H and O–H groups in total. The van der Waals surface area contributed by atoms with E-state index in [0.29, 0.717) is 23.7 Å². The van der Waals surface area contributed by atoms with Gasteiger partial charge in [-0.15, -0.1) is 5.10 Å². The molecule has 0 aromatic carbocycles. The Morgan fingerprint density at radius 1 is 1.10 bits per heavy atom. The molecular weight excluding hydrogens is 514 g/mol. The Labute approximate surface area is 241 Å². The minimum absolute atomic E-state index is 0.0495. The summed E-state index contributed by atoms with van der Waals surface area (Å²) in [5.74, 6) is 2.80. The number of aromatic nitrogens is 5. The van der Waals surface area contributed by atoms with E-state index < -0.39 is 0 Å². The Kier molecular flexibility index (Phi) is 5.89. The molecule has 0 bridgehead atoms. The molecule has 5 heterocycles. The number of hydrogen-bond donors (Lipinski definition) is 3. The van der Waals surface area contributed by atoms with Crippen LogP contribution in [0.5, 0.6) is 0 Å². The topological polar surface area (TPSA) is 106 Å². The van der Waals surface area contributed by atoms with Crippen LogP contribution in [0.3, 0.4) is 0 Å². The number of anilines is 3. The van der Waals surface area contributed by atoms with Gasteiger partial charge >= 0.3 is 0 Å². The summed E-state index contributed by atoms with van der Waals surface area (Å²) < 4.78 is 1.87. The number of rotatable bonds is 7. The molecule has 3 atom stereocenters. The normalized spacial score (nSPS) is 30.0. The first kappa shape index (κ1) is 25.6. The van der Waals surface area contributed by atoms with Crippen LogP contribution < -0.4 is 15.5 Å². The van der Waals surface area contributed by atoms with Crippen molar-refractivity contribution >= 4 is 29.0 Å². The summed E-state index contributed by atoms with van der Waals surface area (Å²) in [4.78, 5) is 24.0. The summed E-state index contributed by atoms with van der Waals surface area (Å²) in [6.45, 7) is 7.70. The summed E-state index contributed by atoms with van der Waals surface area (Å²) in [7, 11) is 0. The Bertz CT molecular complexity index is 1450. The van der Waals surface area contributed by atoms with Gasteiger partial charge in [-0.05, 0) is 81.9 Å². The predicted octanol–water partition coefficient (Wildman–Crippen LogP) is 4.59. The van der Waals surface area contributed by atoms with Gasteiger partial charge in [0.2, 0.25) is 11.9 Å². The molecule has 8 rings (SSSR count). The van der Waals surface area contributed by atoms with E-state index in [4.69, 9.17) is 10.1 Å². The van der Waals surface area contributed by atoms with E-state index in [-0.39, 0.29) is 22.8 Å². The van der Waals surface area contributed by atoms with E-state index in [1.54, 1.807) is 0 Å². The van der Waals surface area contributed by atoms with Crippen LogP contribution in [0.1, 0.15) is 89.7 Å². The maximum absolute atomic E-state index is 14.1. The van der Waals surface area contributed by atoms with Crippen molar-refractivity contribution in [3.63, 3.8) is 0 Å². The number of amides is 1. The van der Waals surface area contributed by atoms with Gasteiger partial charge in [0, 0.05) is 54.5 Å². The molecule has 3 aromatic heterocycles. The summed E-state index contributed by atoms with van der Waals surface area (Å²) >= 11 is 0. The smallest absolute Gasteiger partial charge is 0.246 e. The highest BCUT2D eigenvalue weighted by Gasteiger charge is 2.58. The average Bonchev–Trinajstić information content (AvgIpc) is 3.90. The number of hydrogen-bond acceptors (Lipinski definition) is 7. The number of aromatic amines is 1. The van der Waals surface area contributed by atoms with Crippen molar-refractivity contribution in [3.8, 4) is 0 Å². The predicted molar refractivity (Wildman–Crippen MR) is 158 cm³/mol. The average molecular weight is 558 g/mol. The molecular formula is C31H43N9O. The lowest BCUT2D eigenvalue weighted by Gasteiger charge is -2.35. The fraction of sp³-hybridized carbons (Fsp3) is 0.677. The first-order valence-corrected chi connectivity index (χ1v) is 15.8. The van der Waals surface area contributed by atoms with Gasteiger partial charge in [0.15, 0.2) is 11.6 Å². The van der Waals surface area contributed by atoms with Crippen LogP contribution in [0.15, 0.2) is 24.4 Å². The standard InChI is InChI=1S/C31H43N9O/c1-30(2)12-3-6-24(28(41)32-25-17-31(25)13-5-14-38(19-31)21-10-11-21)39(18-30)29-34-27(23-7-4-15-40(23)37-29)33-26-16-22(35-36-26)20-8-9-20/h4,7,15-16,20-21,24-25H,3,5-6,8-14,17-19H2,1-2H3,(H,32,41)(H2,33,34,35,36,37). The molecule has 2 saturated heterocycles. The van der Waals surface area contributed by atoms with Gasteiger partial charge in [0.1, 0.15) is 11.6 Å². The molecule has 3 aromatic rings. The molecule has 10 nitrogen and oxygen atoms in total. The van der Waals surface area contributed by atoms with Crippen molar-refractivity contribution in [1.29, 1.82) is 0 Å². The minimum atomic E-state index is -0.287. The molecule has 3 saturated carbocycles. The lowest BCUT2D eigenvalue weighted by atomic mass is 9.88. The maximum Gasteiger partial charge on any atom is 0.246 e. The Morgan fingerprint density at radius 3 is 2.80 bits per heavy atom. The van der Waals surface area contributed by atoms with Gasteiger partial charge in [-0.1, -0.05) is 20.3 Å². The number of likely N-dealkylation sites (tertiary alicyclic amines) is 1. The molecule has 10 heteroatoms. The van der Waals surface area contributed by atoms with Crippen molar-refractivity contribution in [1.82, 2.24) is 35.0 Å². The zero-order valence-corrected chi connectivity index (χ0v) is 24.4. The summed E-state index contributed by atoms with van der Waals surface area (Å²) in [6.07, 6.45) is 13.6. The zero-order chi connectivity index (χ0) is 27.8. The maximum atomic E-state index is 14.1. The quantitative estimate of drug-likeness (QED) is 0.390. The summed E-state index contributed by atoms with van der Waals surface area (Å²) in [6, 6.07) is 6.89. The first-order valence-electron chi connectivity index (χ1n) is 15.8. The van der Waals surface area contributed by atoms with E-state index in [0.717, 1.165) is 56.1 Å². The third kappa shape index (κ3) is 4.98. The van der Waals surface area contributed by atoms with Gasteiger partial charge in [0.05, 0.1) is 0 Å². The largest absolute Gasteiger partial charge is 0.351 e. The molecule has 2 aliphatic heterocycles. The number of carbonyl (C=O) groups is 1. The number of carbonyl (C=O) groups excluding carboxylic acids is 1. The second kappa shape index (κ2) is 9.44. The summed E-state index contributed by atoms with van der Waals surface area (Å²) in [5, 5.41) is 19.6. The minimum Gasteiger partial charge on any atom is -0.351 e. The second-order valence-electron chi connectivity index (χ2n) is 14.3. The zero-order valence-electron chi connectivity index (χ0n) is 24.4. The molecule has 5 aliphatic rings. The molecule has 218 valence electrons. The highest BCUT2D eigenvalue weighted by atomic mass is 16.2. The summed E-state index contributed by atoms with van der Waals surface area (Å²) in [5.41, 5.74) is 2.40. The first-order chi connectivity index (χ1) is 19.9. The van der Waals surface area contributed by atoms with Crippen molar-refractivity contribution in [2.45, 2.75) is 102 Å². The van der Waals surface area contributed by atoms with E-state index in [1.807, 2.05) is 22.8 Å². The highest BCUT2D eigenvalue weighted by Crippen LogP contribution is 2.54. The van der Waals surface area contributed by atoms with Gasteiger partial charge in [-0.3, -0.25) is 14.8 Å². The van der Waals surface area contributed by atoms with E-state index >= 15 is 0 Å². The monoisotopic (exact) mass is 557 g/mol. The van der Waals surface area contributed by atoms with Gasteiger partial charge in [0.25, 0.3) is 0 Å². The molecule has 0 radical (unpaired) electrons. The number of nitrogens with zero attached hydrogens (tertiary/aromatic N) is 6.